The van der Waals surface area contributed by atoms with Crippen molar-refractivity contribution in [3.05, 3.63) is 46.3 Å². The lowest BCUT2D eigenvalue weighted by atomic mass is 10.2. The van der Waals surface area contributed by atoms with Gasteiger partial charge in [-0.25, -0.2) is 0 Å². The van der Waals surface area contributed by atoms with Crippen LogP contribution in [-0.4, -0.2) is 9.97 Å². The average molecular weight is 223 g/mol. The lowest BCUT2D eigenvalue weighted by molar-refractivity contribution is 1.18. The second-order valence-electron chi connectivity index (χ2n) is 2.78. The molecule has 0 aliphatic rings. The normalized spacial score (nSPS) is 10.1. The Morgan fingerprint density at radius 2 is 2.07 bits per heavy atom. The molecule has 4 heteroatoms. The summed E-state index contributed by atoms with van der Waals surface area (Å²) in [7, 11) is 0. The van der Waals surface area contributed by atoms with Crippen molar-refractivity contribution >= 4 is 23.8 Å². The molecule has 0 saturated heterocycles. The third-order valence-corrected chi connectivity index (χ3v) is 2.37. The van der Waals surface area contributed by atoms with Gasteiger partial charge in [0.15, 0.2) is 0 Å². The first kappa shape index (κ1) is 9.37. The zero-order valence-corrected chi connectivity index (χ0v) is 8.77. The predicted octanol–water partition coefficient (Wildman–Crippen LogP) is 3.46. The van der Waals surface area contributed by atoms with Gasteiger partial charge in [-0.05, 0) is 6.07 Å². The van der Waals surface area contributed by atoms with Gasteiger partial charge in [0, 0.05) is 11.8 Å². The summed E-state index contributed by atoms with van der Waals surface area (Å²) < 4.78 is 0.612. The monoisotopic (exact) mass is 222 g/mol. The molecule has 0 fully saturated rings. The number of hydrogen-bond donors (Lipinski definition) is 1. The summed E-state index contributed by atoms with van der Waals surface area (Å²) >= 11 is 10.9. The van der Waals surface area contributed by atoms with E-state index in [9.17, 15) is 0 Å². The Hall–Kier alpha value is -1.19. The summed E-state index contributed by atoms with van der Waals surface area (Å²) in [4.78, 5) is 7.11. The fourth-order valence-corrected chi connectivity index (χ4v) is 1.50. The number of aromatic amines is 1. The lowest BCUT2D eigenvalue weighted by Gasteiger charge is -2.01. The average Bonchev–Trinajstić information content (AvgIpc) is 2.20. The molecule has 2 rings (SSSR count). The van der Waals surface area contributed by atoms with E-state index < -0.39 is 0 Å². The maximum Gasteiger partial charge on any atom is 0.121 e. The first-order valence-electron chi connectivity index (χ1n) is 4.07. The summed E-state index contributed by atoms with van der Waals surface area (Å²) in [6.07, 6.45) is 3.36. The molecule has 0 spiro atoms. The third kappa shape index (κ3) is 1.84. The molecule has 0 amide bonds. The highest BCUT2D eigenvalue weighted by molar-refractivity contribution is 7.71. The zero-order valence-electron chi connectivity index (χ0n) is 7.20. The maximum atomic E-state index is 6.02. The molecule has 1 heterocycles. The van der Waals surface area contributed by atoms with Crippen molar-refractivity contribution < 1.29 is 0 Å². The van der Waals surface area contributed by atoms with Crippen LogP contribution in [0.3, 0.4) is 0 Å². The summed E-state index contributed by atoms with van der Waals surface area (Å²) in [5.74, 6) is 0. The van der Waals surface area contributed by atoms with Crippen LogP contribution in [0.1, 0.15) is 0 Å². The van der Waals surface area contributed by atoms with E-state index in [0.717, 1.165) is 11.3 Å². The predicted molar refractivity (Wildman–Crippen MR) is 59.9 cm³/mol. The highest BCUT2D eigenvalue weighted by atomic mass is 35.5. The molecular formula is C10H7ClN2S. The second kappa shape index (κ2) is 3.90. The first-order valence-corrected chi connectivity index (χ1v) is 4.85. The highest BCUT2D eigenvalue weighted by Gasteiger charge is 2.02. The van der Waals surface area contributed by atoms with Gasteiger partial charge >= 0.3 is 0 Å². The van der Waals surface area contributed by atoms with E-state index in [-0.39, 0.29) is 0 Å². The first-order chi connectivity index (χ1) is 6.77. The van der Waals surface area contributed by atoms with Gasteiger partial charge in [-0.1, -0.05) is 42.0 Å². The van der Waals surface area contributed by atoms with E-state index in [2.05, 4.69) is 9.97 Å². The maximum absolute atomic E-state index is 6.02. The van der Waals surface area contributed by atoms with Crippen LogP contribution in [0.4, 0.5) is 0 Å². The Bertz CT molecular complexity index is 487. The molecule has 0 aliphatic heterocycles. The molecule has 70 valence electrons. The fourth-order valence-electron chi connectivity index (χ4n) is 1.16. The Morgan fingerprint density at radius 1 is 1.29 bits per heavy atom. The molecule has 0 unspecified atom stereocenters. The number of benzene rings is 1. The van der Waals surface area contributed by atoms with Crippen LogP contribution in [-0.2, 0) is 0 Å². The summed E-state index contributed by atoms with van der Waals surface area (Å²) in [6.45, 7) is 0. The van der Waals surface area contributed by atoms with E-state index in [1.165, 1.54) is 0 Å². The van der Waals surface area contributed by atoms with Crippen LogP contribution in [0.15, 0.2) is 36.7 Å². The van der Waals surface area contributed by atoms with Gasteiger partial charge in [0.2, 0.25) is 0 Å². The minimum Gasteiger partial charge on any atom is -0.350 e. The standard InChI is InChI=1S/C10H7ClN2S/c11-8-4-2-1-3-7(8)9-5-13-10(14)6-12-9/h1-6H,(H,13,14). The molecule has 0 radical (unpaired) electrons. The van der Waals surface area contributed by atoms with E-state index in [1.807, 2.05) is 24.3 Å². The van der Waals surface area contributed by atoms with Crippen LogP contribution >= 0.6 is 23.8 Å². The molecule has 1 aromatic carbocycles. The van der Waals surface area contributed by atoms with E-state index >= 15 is 0 Å². The number of halogens is 1. The molecule has 0 aliphatic carbocycles. The summed E-state index contributed by atoms with van der Waals surface area (Å²) in [5.41, 5.74) is 1.70. The Balaban J connectivity index is 2.55. The number of nitrogens with zero attached hydrogens (tertiary/aromatic N) is 1. The quantitative estimate of drug-likeness (QED) is 0.749. The van der Waals surface area contributed by atoms with Crippen LogP contribution in [0.2, 0.25) is 5.02 Å². The van der Waals surface area contributed by atoms with Crippen molar-refractivity contribution in [3.8, 4) is 11.3 Å². The van der Waals surface area contributed by atoms with Crippen molar-refractivity contribution in [2.75, 3.05) is 0 Å². The van der Waals surface area contributed by atoms with Crippen LogP contribution in [0.5, 0.6) is 0 Å². The molecule has 14 heavy (non-hydrogen) atoms. The highest BCUT2D eigenvalue weighted by Crippen LogP contribution is 2.24. The molecule has 0 bridgehead atoms. The smallest absolute Gasteiger partial charge is 0.121 e. The lowest BCUT2D eigenvalue weighted by Crippen LogP contribution is -1.85. The van der Waals surface area contributed by atoms with E-state index in [4.69, 9.17) is 23.8 Å². The molecular weight excluding hydrogens is 216 g/mol. The molecule has 1 N–H and O–H groups in total. The minimum absolute atomic E-state index is 0.612. The van der Waals surface area contributed by atoms with Crippen LogP contribution < -0.4 is 0 Å². The number of nitrogens with one attached hydrogen (secondary N) is 1. The van der Waals surface area contributed by atoms with Crippen LogP contribution in [0, 0.1) is 4.64 Å². The van der Waals surface area contributed by atoms with Crippen molar-refractivity contribution in [2.45, 2.75) is 0 Å². The molecule has 2 aromatic rings. The minimum atomic E-state index is 0.612. The Labute approximate surface area is 91.6 Å². The van der Waals surface area contributed by atoms with Gasteiger partial charge in [0.05, 0.1) is 16.9 Å². The van der Waals surface area contributed by atoms with E-state index in [0.29, 0.717) is 9.66 Å². The molecule has 0 saturated carbocycles. The summed E-state index contributed by atoms with van der Waals surface area (Å²) in [6, 6.07) is 7.56. The van der Waals surface area contributed by atoms with Crippen molar-refractivity contribution in [1.29, 1.82) is 0 Å². The fraction of sp³-hybridized carbons (Fsp3) is 0. The van der Waals surface area contributed by atoms with Gasteiger partial charge in [0.25, 0.3) is 0 Å². The number of aromatic nitrogens is 2. The van der Waals surface area contributed by atoms with Crippen LogP contribution in [0.25, 0.3) is 11.3 Å². The third-order valence-electron chi connectivity index (χ3n) is 1.82. The Morgan fingerprint density at radius 3 is 2.71 bits per heavy atom. The topological polar surface area (TPSA) is 28.7 Å². The van der Waals surface area contributed by atoms with Gasteiger partial charge in [-0.3, -0.25) is 4.98 Å². The largest absolute Gasteiger partial charge is 0.350 e. The Kier molecular flexibility index (Phi) is 2.61. The number of rotatable bonds is 1. The number of H-pyrrole nitrogens is 1. The van der Waals surface area contributed by atoms with Crippen molar-refractivity contribution in [3.63, 3.8) is 0 Å². The van der Waals surface area contributed by atoms with Crippen molar-refractivity contribution in [2.24, 2.45) is 0 Å². The molecule has 2 nitrogen and oxygen atoms in total. The summed E-state index contributed by atoms with van der Waals surface area (Å²) in [5, 5.41) is 0.686. The molecule has 1 aromatic heterocycles. The SMILES string of the molecule is S=c1cnc(-c2ccccc2Cl)c[nH]1. The molecule has 0 atom stereocenters. The van der Waals surface area contributed by atoms with E-state index in [1.54, 1.807) is 12.4 Å². The van der Waals surface area contributed by atoms with Crippen molar-refractivity contribution in [1.82, 2.24) is 9.97 Å². The number of hydrogen-bond acceptors (Lipinski definition) is 2. The van der Waals surface area contributed by atoms with Gasteiger partial charge in [-0.15, -0.1) is 0 Å². The van der Waals surface area contributed by atoms with Gasteiger partial charge < -0.3 is 4.98 Å². The second-order valence-corrected chi connectivity index (χ2v) is 3.62. The van der Waals surface area contributed by atoms with Gasteiger partial charge in [0.1, 0.15) is 4.64 Å². The zero-order chi connectivity index (χ0) is 9.97. The van der Waals surface area contributed by atoms with Gasteiger partial charge in [-0.2, -0.15) is 0 Å².